The summed E-state index contributed by atoms with van der Waals surface area (Å²) < 4.78 is 24.8. The lowest BCUT2D eigenvalue weighted by molar-refractivity contribution is 0.00578. The normalized spacial score (nSPS) is 25.7. The lowest BCUT2D eigenvalue weighted by Gasteiger charge is -2.32. The Kier molecular flexibility index (Phi) is 4.36. The lowest BCUT2D eigenvalue weighted by Crippen LogP contribution is -2.44. The molecule has 0 amide bonds. The van der Waals surface area contributed by atoms with Crippen LogP contribution in [0.5, 0.6) is 0 Å². The van der Waals surface area contributed by atoms with Crippen LogP contribution in [0.15, 0.2) is 12.1 Å². The van der Waals surface area contributed by atoms with Gasteiger partial charge in [-0.1, -0.05) is 17.7 Å². The van der Waals surface area contributed by atoms with E-state index in [0.29, 0.717) is 5.69 Å². The average molecular weight is 359 g/mol. The molecule has 2 heterocycles. The molecule has 0 atom stereocenters. The molecule has 1 aromatic carbocycles. The first-order valence-electron chi connectivity index (χ1n) is 9.28. The third kappa shape index (κ3) is 2.99. The van der Waals surface area contributed by atoms with E-state index < -0.39 is 36.6 Å². The van der Waals surface area contributed by atoms with Gasteiger partial charge in [-0.25, -0.2) is 0 Å². The van der Waals surface area contributed by atoms with E-state index in [1.807, 2.05) is 74.4 Å². The van der Waals surface area contributed by atoms with Gasteiger partial charge in [-0.05, 0) is 62.3 Å². The van der Waals surface area contributed by atoms with Crippen LogP contribution in [0.2, 0.25) is 0 Å². The van der Waals surface area contributed by atoms with Crippen LogP contribution in [0.3, 0.4) is 0 Å². The predicted octanol–water partition coefficient (Wildman–Crippen LogP) is 2.18. The topological polar surface area (TPSA) is 62.9 Å². The fourth-order valence-corrected chi connectivity index (χ4v) is 3.18. The summed E-state index contributed by atoms with van der Waals surface area (Å²) in [4.78, 5) is 0. The van der Waals surface area contributed by atoms with Crippen LogP contribution in [-0.4, -0.2) is 36.6 Å². The van der Waals surface area contributed by atoms with Crippen molar-refractivity contribution >= 4 is 30.8 Å². The number of aryl methyl sites for hydroxylation is 1. The fraction of sp³-hybridized carbons (Fsp3) is 0.684. The molecule has 3 rings (SSSR count). The molecule has 26 heavy (non-hydrogen) atoms. The van der Waals surface area contributed by atoms with E-state index in [0.717, 1.165) is 16.5 Å². The number of hydrogen-bond acceptors (Lipinski definition) is 5. The first kappa shape index (κ1) is 19.7. The second-order valence-corrected chi connectivity index (χ2v) is 9.53. The van der Waals surface area contributed by atoms with E-state index in [9.17, 15) is 0 Å². The maximum absolute atomic E-state index is 6.55. The third-order valence-electron chi connectivity index (χ3n) is 6.40. The molecule has 7 heteroatoms. The number of anilines is 1. The second-order valence-electron chi connectivity index (χ2n) is 9.53. The number of nitrogens with two attached hydrogens (primary N) is 1. The molecule has 0 aliphatic carbocycles. The summed E-state index contributed by atoms with van der Waals surface area (Å²) in [6.45, 7) is 18.3. The van der Waals surface area contributed by atoms with E-state index >= 15 is 0 Å². The van der Waals surface area contributed by atoms with Crippen molar-refractivity contribution in [2.24, 2.45) is 0 Å². The van der Waals surface area contributed by atoms with E-state index in [2.05, 4.69) is 0 Å². The number of benzene rings is 1. The van der Waals surface area contributed by atoms with Crippen molar-refractivity contribution in [3.05, 3.63) is 17.7 Å². The average Bonchev–Trinajstić information content (AvgIpc) is 2.80. The van der Waals surface area contributed by atoms with Gasteiger partial charge >= 0.3 is 14.2 Å². The number of rotatable bonds is 2. The Balaban J connectivity index is 1.99. The van der Waals surface area contributed by atoms with Gasteiger partial charge in [0.2, 0.25) is 0 Å². The molecule has 142 valence electrons. The minimum Gasteiger partial charge on any atom is -0.399 e. The van der Waals surface area contributed by atoms with Crippen molar-refractivity contribution in [3.8, 4) is 0 Å². The first-order chi connectivity index (χ1) is 11.7. The monoisotopic (exact) mass is 359 g/mol. The van der Waals surface area contributed by atoms with Crippen LogP contribution in [-0.2, 0) is 18.6 Å². The third-order valence-corrected chi connectivity index (χ3v) is 6.40. The molecule has 0 radical (unpaired) electrons. The van der Waals surface area contributed by atoms with Crippen molar-refractivity contribution in [1.29, 1.82) is 0 Å². The minimum absolute atomic E-state index is 0.418. The van der Waals surface area contributed by atoms with Crippen molar-refractivity contribution in [3.63, 3.8) is 0 Å². The molecule has 2 N–H and O–H groups in total. The Hall–Kier alpha value is -1.01. The Morgan fingerprint density at radius 3 is 1.19 bits per heavy atom. The summed E-state index contributed by atoms with van der Waals surface area (Å²) in [5.74, 6) is 0. The Morgan fingerprint density at radius 2 is 0.923 bits per heavy atom. The summed E-state index contributed by atoms with van der Waals surface area (Å²) in [7, 11) is -1.03. The highest BCUT2D eigenvalue weighted by atomic mass is 16.7. The highest BCUT2D eigenvalue weighted by molar-refractivity contribution is 6.69. The zero-order valence-electron chi connectivity index (χ0n) is 17.5. The van der Waals surface area contributed by atoms with Gasteiger partial charge in [0.1, 0.15) is 0 Å². The van der Waals surface area contributed by atoms with Gasteiger partial charge in [-0.15, -0.1) is 0 Å². The van der Waals surface area contributed by atoms with Gasteiger partial charge in [0.05, 0.1) is 22.4 Å². The molecular formula is C19H31B2NO4. The van der Waals surface area contributed by atoms with Crippen molar-refractivity contribution in [2.75, 3.05) is 5.73 Å². The Morgan fingerprint density at radius 1 is 0.654 bits per heavy atom. The molecule has 0 unspecified atom stereocenters. The second kappa shape index (κ2) is 5.74. The molecule has 2 saturated heterocycles. The number of hydrogen-bond donors (Lipinski definition) is 1. The van der Waals surface area contributed by atoms with Crippen LogP contribution in [0.1, 0.15) is 61.0 Å². The molecule has 0 spiro atoms. The maximum atomic E-state index is 6.55. The van der Waals surface area contributed by atoms with Crippen LogP contribution >= 0.6 is 0 Å². The van der Waals surface area contributed by atoms with E-state index in [-0.39, 0.29) is 0 Å². The molecule has 2 fully saturated rings. The highest BCUT2D eigenvalue weighted by Crippen LogP contribution is 2.38. The van der Waals surface area contributed by atoms with Gasteiger partial charge in [-0.3, -0.25) is 0 Å². The van der Waals surface area contributed by atoms with Gasteiger partial charge in [0.15, 0.2) is 0 Å². The zero-order chi connectivity index (χ0) is 19.7. The summed E-state index contributed by atoms with van der Waals surface area (Å²) in [5.41, 5.74) is 8.20. The summed E-state index contributed by atoms with van der Waals surface area (Å²) in [6, 6.07) is 4.04. The smallest absolute Gasteiger partial charge is 0.399 e. The van der Waals surface area contributed by atoms with Crippen LogP contribution in [0.25, 0.3) is 0 Å². The molecule has 2 aliphatic heterocycles. The molecule has 2 aliphatic rings. The molecule has 5 nitrogen and oxygen atoms in total. The van der Waals surface area contributed by atoms with Crippen molar-refractivity contribution in [2.45, 2.75) is 84.7 Å². The Labute approximate surface area is 158 Å². The van der Waals surface area contributed by atoms with Gasteiger partial charge in [0, 0.05) is 16.6 Å². The Bertz CT molecular complexity index is 641. The standard InChI is InChI=1S/C19H31B2NO4/c1-12-10-13(20-23-16(2,3)17(4,5)24-20)15(22)14(11-12)21-25-18(6,7)19(8,9)26-21/h10-11H,22H2,1-9H3. The van der Waals surface area contributed by atoms with Gasteiger partial charge in [-0.2, -0.15) is 0 Å². The predicted molar refractivity (Wildman–Crippen MR) is 107 cm³/mol. The molecule has 1 aromatic rings. The quantitative estimate of drug-likeness (QED) is 0.648. The summed E-state index contributed by atoms with van der Waals surface area (Å²) >= 11 is 0. The summed E-state index contributed by atoms with van der Waals surface area (Å²) in [5, 5.41) is 0. The molecule has 0 bridgehead atoms. The summed E-state index contributed by atoms with van der Waals surface area (Å²) in [6.07, 6.45) is 0. The van der Waals surface area contributed by atoms with Crippen molar-refractivity contribution < 1.29 is 18.6 Å². The van der Waals surface area contributed by atoms with Crippen LogP contribution in [0.4, 0.5) is 5.69 Å². The van der Waals surface area contributed by atoms with E-state index in [1.165, 1.54) is 0 Å². The van der Waals surface area contributed by atoms with Gasteiger partial charge < -0.3 is 24.4 Å². The lowest BCUT2D eigenvalue weighted by atomic mass is 9.69. The molecular weight excluding hydrogens is 328 g/mol. The molecule has 0 saturated carbocycles. The minimum atomic E-state index is -0.513. The van der Waals surface area contributed by atoms with E-state index in [4.69, 9.17) is 24.4 Å². The van der Waals surface area contributed by atoms with Crippen LogP contribution in [0, 0.1) is 6.92 Å². The van der Waals surface area contributed by atoms with E-state index in [1.54, 1.807) is 0 Å². The maximum Gasteiger partial charge on any atom is 0.496 e. The van der Waals surface area contributed by atoms with Gasteiger partial charge in [0.25, 0.3) is 0 Å². The van der Waals surface area contributed by atoms with Crippen LogP contribution < -0.4 is 16.7 Å². The molecule has 0 aromatic heterocycles. The SMILES string of the molecule is Cc1cc(B2OC(C)(C)C(C)(C)O2)c(N)c(B2OC(C)(C)C(C)(C)O2)c1. The number of nitrogen functional groups attached to an aromatic ring is 1. The highest BCUT2D eigenvalue weighted by Gasteiger charge is 2.54. The zero-order valence-corrected chi connectivity index (χ0v) is 17.5. The fourth-order valence-electron chi connectivity index (χ4n) is 3.18. The van der Waals surface area contributed by atoms with Crippen molar-refractivity contribution in [1.82, 2.24) is 0 Å². The largest absolute Gasteiger partial charge is 0.496 e. The first-order valence-corrected chi connectivity index (χ1v) is 9.28.